The SMILES string of the molecule is CC(CC(=O)N1CCCC(N2CCCC2=O)C1)Cc1cccc(F)c1. The second-order valence-electron chi connectivity index (χ2n) is 7.47. The van der Waals surface area contributed by atoms with Crippen LogP contribution in [0.4, 0.5) is 4.39 Å². The van der Waals surface area contributed by atoms with Crippen molar-refractivity contribution < 1.29 is 14.0 Å². The number of piperidine rings is 1. The standard InChI is InChI=1S/C20H27FN2O2/c1-15(11-16-5-2-6-17(21)13-16)12-20(25)22-9-3-7-18(14-22)23-10-4-8-19(23)24/h2,5-6,13,15,18H,3-4,7-12,14H2,1H3. The van der Waals surface area contributed by atoms with Gasteiger partial charge < -0.3 is 9.80 Å². The van der Waals surface area contributed by atoms with Crippen LogP contribution in [0.5, 0.6) is 0 Å². The number of nitrogens with zero attached hydrogens (tertiary/aromatic N) is 2. The molecule has 2 amide bonds. The first-order valence-electron chi connectivity index (χ1n) is 9.34. The van der Waals surface area contributed by atoms with Crippen molar-refractivity contribution in [2.24, 2.45) is 5.92 Å². The summed E-state index contributed by atoms with van der Waals surface area (Å²) in [5.41, 5.74) is 0.930. The molecule has 136 valence electrons. The molecule has 2 atom stereocenters. The molecular formula is C20H27FN2O2. The van der Waals surface area contributed by atoms with E-state index in [4.69, 9.17) is 0 Å². The van der Waals surface area contributed by atoms with Gasteiger partial charge in [0.2, 0.25) is 11.8 Å². The average Bonchev–Trinajstić information content (AvgIpc) is 3.01. The topological polar surface area (TPSA) is 40.6 Å². The van der Waals surface area contributed by atoms with Crippen LogP contribution < -0.4 is 0 Å². The third kappa shape index (κ3) is 4.59. The Kier molecular flexibility index (Phi) is 5.71. The molecule has 0 spiro atoms. The molecule has 2 aliphatic rings. The number of likely N-dealkylation sites (tertiary alicyclic amines) is 2. The fraction of sp³-hybridized carbons (Fsp3) is 0.600. The zero-order chi connectivity index (χ0) is 17.8. The first-order chi connectivity index (χ1) is 12.0. The molecule has 1 aromatic rings. The van der Waals surface area contributed by atoms with Crippen molar-refractivity contribution in [2.75, 3.05) is 19.6 Å². The summed E-state index contributed by atoms with van der Waals surface area (Å²) in [6.45, 7) is 4.32. The van der Waals surface area contributed by atoms with Crippen molar-refractivity contribution in [3.8, 4) is 0 Å². The number of benzene rings is 1. The predicted octanol–water partition coefficient (Wildman–Crippen LogP) is 3.01. The van der Waals surface area contributed by atoms with Gasteiger partial charge in [-0.15, -0.1) is 0 Å². The Morgan fingerprint density at radius 3 is 2.88 bits per heavy atom. The first-order valence-corrected chi connectivity index (χ1v) is 9.34. The average molecular weight is 346 g/mol. The maximum Gasteiger partial charge on any atom is 0.222 e. The second-order valence-corrected chi connectivity index (χ2v) is 7.47. The second kappa shape index (κ2) is 7.98. The van der Waals surface area contributed by atoms with Gasteiger partial charge in [0.1, 0.15) is 5.82 Å². The summed E-state index contributed by atoms with van der Waals surface area (Å²) in [7, 11) is 0. The fourth-order valence-electron chi connectivity index (χ4n) is 4.06. The number of amides is 2. The molecule has 2 aliphatic heterocycles. The van der Waals surface area contributed by atoms with E-state index in [0.717, 1.165) is 37.9 Å². The van der Waals surface area contributed by atoms with Crippen LogP contribution in [0.25, 0.3) is 0 Å². The Morgan fingerprint density at radius 1 is 1.32 bits per heavy atom. The molecule has 2 saturated heterocycles. The molecule has 0 aromatic heterocycles. The Bertz CT molecular complexity index is 634. The Morgan fingerprint density at radius 2 is 2.16 bits per heavy atom. The molecule has 0 N–H and O–H groups in total. The van der Waals surface area contributed by atoms with E-state index in [1.807, 2.05) is 22.8 Å². The van der Waals surface area contributed by atoms with E-state index >= 15 is 0 Å². The normalized spacial score (nSPS) is 22.3. The highest BCUT2D eigenvalue weighted by molar-refractivity contribution is 5.79. The number of hydrogen-bond acceptors (Lipinski definition) is 2. The van der Waals surface area contributed by atoms with E-state index in [1.54, 1.807) is 6.07 Å². The largest absolute Gasteiger partial charge is 0.341 e. The molecule has 4 nitrogen and oxygen atoms in total. The van der Waals surface area contributed by atoms with Crippen molar-refractivity contribution >= 4 is 11.8 Å². The lowest BCUT2D eigenvalue weighted by atomic mass is 9.96. The molecule has 0 bridgehead atoms. The summed E-state index contributed by atoms with van der Waals surface area (Å²) in [5.74, 6) is 0.326. The van der Waals surface area contributed by atoms with Crippen LogP contribution in [0, 0.1) is 11.7 Å². The zero-order valence-electron chi connectivity index (χ0n) is 14.9. The van der Waals surface area contributed by atoms with E-state index < -0.39 is 0 Å². The molecule has 25 heavy (non-hydrogen) atoms. The number of hydrogen-bond donors (Lipinski definition) is 0. The smallest absolute Gasteiger partial charge is 0.222 e. The molecular weight excluding hydrogens is 319 g/mol. The number of carbonyl (C=O) groups excluding carboxylic acids is 2. The number of carbonyl (C=O) groups is 2. The molecule has 1 aromatic carbocycles. The van der Waals surface area contributed by atoms with Crippen molar-refractivity contribution in [3.63, 3.8) is 0 Å². The third-order valence-electron chi connectivity index (χ3n) is 5.30. The lowest BCUT2D eigenvalue weighted by molar-refractivity contribution is -0.138. The first kappa shape index (κ1) is 17.9. The van der Waals surface area contributed by atoms with E-state index in [1.165, 1.54) is 12.1 Å². The van der Waals surface area contributed by atoms with Crippen molar-refractivity contribution in [3.05, 3.63) is 35.6 Å². The number of rotatable bonds is 5. The van der Waals surface area contributed by atoms with Gasteiger partial charge in [0.15, 0.2) is 0 Å². The zero-order valence-corrected chi connectivity index (χ0v) is 14.9. The summed E-state index contributed by atoms with van der Waals surface area (Å²) >= 11 is 0. The number of halogens is 1. The Labute approximate surface area is 149 Å². The van der Waals surface area contributed by atoms with Crippen LogP contribution in [0.15, 0.2) is 24.3 Å². The maximum absolute atomic E-state index is 13.3. The molecule has 0 saturated carbocycles. The Balaban J connectivity index is 1.52. The van der Waals surface area contributed by atoms with Gasteiger partial charge in [-0.3, -0.25) is 9.59 Å². The fourth-order valence-corrected chi connectivity index (χ4v) is 4.06. The minimum Gasteiger partial charge on any atom is -0.341 e. The monoisotopic (exact) mass is 346 g/mol. The van der Waals surface area contributed by atoms with Gasteiger partial charge in [0, 0.05) is 38.5 Å². The van der Waals surface area contributed by atoms with Crippen LogP contribution in [0.1, 0.15) is 44.6 Å². The van der Waals surface area contributed by atoms with Gasteiger partial charge in [0.25, 0.3) is 0 Å². The summed E-state index contributed by atoms with van der Waals surface area (Å²) < 4.78 is 13.3. The van der Waals surface area contributed by atoms with E-state index in [-0.39, 0.29) is 29.6 Å². The quantitative estimate of drug-likeness (QED) is 0.822. The lowest BCUT2D eigenvalue weighted by Crippen LogP contribution is -2.50. The van der Waals surface area contributed by atoms with Crippen LogP contribution in [-0.2, 0) is 16.0 Å². The van der Waals surface area contributed by atoms with Crippen molar-refractivity contribution in [2.45, 2.75) is 51.5 Å². The van der Waals surface area contributed by atoms with Gasteiger partial charge in [0.05, 0.1) is 0 Å². The van der Waals surface area contributed by atoms with Gasteiger partial charge in [-0.25, -0.2) is 4.39 Å². The van der Waals surface area contributed by atoms with E-state index in [2.05, 4.69) is 0 Å². The van der Waals surface area contributed by atoms with Gasteiger partial charge >= 0.3 is 0 Å². The molecule has 2 unspecified atom stereocenters. The maximum atomic E-state index is 13.3. The highest BCUT2D eigenvalue weighted by atomic mass is 19.1. The summed E-state index contributed by atoms with van der Waals surface area (Å²) in [5, 5.41) is 0. The molecule has 0 radical (unpaired) electrons. The lowest BCUT2D eigenvalue weighted by Gasteiger charge is -2.38. The Hall–Kier alpha value is -1.91. The van der Waals surface area contributed by atoms with Gasteiger partial charge in [-0.2, -0.15) is 0 Å². The van der Waals surface area contributed by atoms with E-state index in [9.17, 15) is 14.0 Å². The molecule has 2 fully saturated rings. The molecule has 5 heteroatoms. The van der Waals surface area contributed by atoms with Crippen LogP contribution in [0.2, 0.25) is 0 Å². The summed E-state index contributed by atoms with van der Waals surface area (Å²) in [4.78, 5) is 28.5. The van der Waals surface area contributed by atoms with Crippen molar-refractivity contribution in [1.29, 1.82) is 0 Å². The predicted molar refractivity (Wildman–Crippen MR) is 94.4 cm³/mol. The van der Waals surface area contributed by atoms with Crippen LogP contribution >= 0.6 is 0 Å². The van der Waals surface area contributed by atoms with Crippen molar-refractivity contribution in [1.82, 2.24) is 9.80 Å². The molecule has 2 heterocycles. The summed E-state index contributed by atoms with van der Waals surface area (Å²) in [6, 6.07) is 6.77. The summed E-state index contributed by atoms with van der Waals surface area (Å²) in [6.07, 6.45) is 4.71. The minimum absolute atomic E-state index is 0.153. The minimum atomic E-state index is -0.231. The molecule has 0 aliphatic carbocycles. The highest BCUT2D eigenvalue weighted by Crippen LogP contribution is 2.23. The van der Waals surface area contributed by atoms with E-state index in [0.29, 0.717) is 25.8 Å². The van der Waals surface area contributed by atoms with Crippen LogP contribution in [-0.4, -0.2) is 47.3 Å². The molecule has 3 rings (SSSR count). The van der Waals surface area contributed by atoms with Gasteiger partial charge in [-0.05, 0) is 49.3 Å². The highest BCUT2D eigenvalue weighted by Gasteiger charge is 2.32. The van der Waals surface area contributed by atoms with Crippen LogP contribution in [0.3, 0.4) is 0 Å². The van der Waals surface area contributed by atoms with Gasteiger partial charge in [-0.1, -0.05) is 19.1 Å². The third-order valence-corrected chi connectivity index (χ3v) is 5.30.